The van der Waals surface area contributed by atoms with E-state index in [4.69, 9.17) is 4.74 Å². The molecule has 0 saturated carbocycles. The molecule has 106 valence electrons. The minimum atomic E-state index is -4.84. The maximum Gasteiger partial charge on any atom is 0.573 e. The van der Waals surface area contributed by atoms with Gasteiger partial charge in [0.25, 0.3) is 0 Å². The molecule has 0 bridgehead atoms. The topological polar surface area (TPSA) is 35.5 Å². The molecule has 0 aliphatic carbocycles. The number of Topliss-reactive ketones (excluding diaryl/α,β-unsaturated/α-hetero) is 1. The van der Waals surface area contributed by atoms with E-state index in [1.165, 1.54) is 12.1 Å². The van der Waals surface area contributed by atoms with E-state index in [-0.39, 0.29) is 23.7 Å². The molecule has 3 nitrogen and oxygen atoms in total. The van der Waals surface area contributed by atoms with Gasteiger partial charge in [0.2, 0.25) is 0 Å². The van der Waals surface area contributed by atoms with Crippen molar-refractivity contribution in [3.63, 3.8) is 0 Å². The summed E-state index contributed by atoms with van der Waals surface area (Å²) in [5.41, 5.74) is 0.118. The number of halogens is 4. The molecule has 1 aromatic rings. The van der Waals surface area contributed by atoms with Crippen LogP contribution in [0.2, 0.25) is 0 Å². The smallest absolute Gasteiger partial charge is 0.490 e. The summed E-state index contributed by atoms with van der Waals surface area (Å²) in [6, 6.07) is 3.71. The van der Waals surface area contributed by atoms with Crippen LogP contribution in [-0.2, 0) is 0 Å². The molecule has 7 heteroatoms. The van der Waals surface area contributed by atoms with Crippen molar-refractivity contribution in [1.29, 1.82) is 0 Å². The highest BCUT2D eigenvalue weighted by Gasteiger charge is 2.33. The van der Waals surface area contributed by atoms with Crippen LogP contribution in [0.1, 0.15) is 24.2 Å². The van der Waals surface area contributed by atoms with Gasteiger partial charge in [-0.05, 0) is 32.0 Å². The standard InChI is InChI=1S/C12H12BrF3O3/c1-3-18-9-5-4-8(11(17)7(2)13)6-10(9)19-12(14,15)16/h4-7H,3H2,1-2H3. The summed E-state index contributed by atoms with van der Waals surface area (Å²) in [6.45, 7) is 3.41. The summed E-state index contributed by atoms with van der Waals surface area (Å²) in [4.78, 5) is 11.2. The maximum absolute atomic E-state index is 12.3. The highest BCUT2D eigenvalue weighted by molar-refractivity contribution is 9.10. The van der Waals surface area contributed by atoms with Gasteiger partial charge in [-0.1, -0.05) is 15.9 Å². The fourth-order valence-corrected chi connectivity index (χ4v) is 1.63. The number of benzene rings is 1. The molecule has 0 heterocycles. The molecule has 1 unspecified atom stereocenters. The number of rotatable bonds is 5. The number of carbonyl (C=O) groups excluding carboxylic acids is 1. The lowest BCUT2D eigenvalue weighted by atomic mass is 10.1. The summed E-state index contributed by atoms with van der Waals surface area (Å²) < 4.78 is 45.7. The van der Waals surface area contributed by atoms with E-state index in [1.807, 2.05) is 0 Å². The van der Waals surface area contributed by atoms with E-state index in [1.54, 1.807) is 13.8 Å². The predicted molar refractivity (Wildman–Crippen MR) is 67.0 cm³/mol. The Labute approximate surface area is 116 Å². The zero-order valence-corrected chi connectivity index (χ0v) is 11.8. The lowest BCUT2D eigenvalue weighted by Gasteiger charge is -2.14. The first kappa shape index (κ1) is 15.8. The molecule has 0 saturated heterocycles. The highest BCUT2D eigenvalue weighted by Crippen LogP contribution is 2.33. The van der Waals surface area contributed by atoms with Gasteiger partial charge in [0.05, 0.1) is 11.4 Å². The lowest BCUT2D eigenvalue weighted by Crippen LogP contribution is -2.18. The van der Waals surface area contributed by atoms with Crippen molar-refractivity contribution in [2.24, 2.45) is 0 Å². The van der Waals surface area contributed by atoms with Gasteiger partial charge in [-0.15, -0.1) is 13.2 Å². The van der Waals surface area contributed by atoms with Crippen molar-refractivity contribution in [2.45, 2.75) is 25.0 Å². The first-order valence-electron chi connectivity index (χ1n) is 5.45. The van der Waals surface area contributed by atoms with Gasteiger partial charge in [-0.25, -0.2) is 0 Å². The lowest BCUT2D eigenvalue weighted by molar-refractivity contribution is -0.275. The molecule has 19 heavy (non-hydrogen) atoms. The van der Waals surface area contributed by atoms with Crippen LogP contribution in [0.25, 0.3) is 0 Å². The Morgan fingerprint density at radius 1 is 1.37 bits per heavy atom. The zero-order chi connectivity index (χ0) is 14.6. The van der Waals surface area contributed by atoms with Crippen LogP contribution in [0.5, 0.6) is 11.5 Å². The molecule has 0 radical (unpaired) electrons. The molecule has 0 fully saturated rings. The Bertz CT molecular complexity index is 458. The fourth-order valence-electron chi connectivity index (χ4n) is 1.37. The van der Waals surface area contributed by atoms with Gasteiger partial charge in [0, 0.05) is 5.56 Å². The van der Waals surface area contributed by atoms with E-state index >= 15 is 0 Å². The van der Waals surface area contributed by atoms with E-state index in [9.17, 15) is 18.0 Å². The Hall–Kier alpha value is -1.24. The summed E-state index contributed by atoms with van der Waals surface area (Å²) >= 11 is 3.07. The third-order valence-electron chi connectivity index (χ3n) is 2.12. The highest BCUT2D eigenvalue weighted by atomic mass is 79.9. The number of ether oxygens (including phenoxy) is 2. The molecular formula is C12H12BrF3O3. The van der Waals surface area contributed by atoms with Crippen LogP contribution >= 0.6 is 15.9 Å². The van der Waals surface area contributed by atoms with E-state index < -0.39 is 16.9 Å². The molecule has 1 rings (SSSR count). The van der Waals surface area contributed by atoms with Gasteiger partial charge in [-0.3, -0.25) is 4.79 Å². The van der Waals surface area contributed by atoms with Crippen molar-refractivity contribution in [3.05, 3.63) is 23.8 Å². The van der Waals surface area contributed by atoms with Gasteiger partial charge in [-0.2, -0.15) is 0 Å². The first-order chi connectivity index (χ1) is 8.74. The first-order valence-corrected chi connectivity index (χ1v) is 6.37. The molecule has 1 aromatic carbocycles. The largest absolute Gasteiger partial charge is 0.573 e. The average molecular weight is 341 g/mol. The third-order valence-corrected chi connectivity index (χ3v) is 2.53. The van der Waals surface area contributed by atoms with Crippen LogP contribution < -0.4 is 9.47 Å². The van der Waals surface area contributed by atoms with Gasteiger partial charge in [0.15, 0.2) is 17.3 Å². The molecule has 0 aromatic heterocycles. The summed E-state index contributed by atoms with van der Waals surface area (Å²) in [5, 5.41) is 0. The third kappa shape index (κ3) is 4.74. The van der Waals surface area contributed by atoms with Crippen LogP contribution in [0.3, 0.4) is 0 Å². The SMILES string of the molecule is CCOc1ccc(C(=O)C(C)Br)cc1OC(F)(F)F. The number of hydrogen-bond donors (Lipinski definition) is 0. The Balaban J connectivity index is 3.14. The second kappa shape index (κ2) is 6.27. The van der Waals surface area contributed by atoms with Crippen LogP contribution in [0.15, 0.2) is 18.2 Å². The van der Waals surface area contributed by atoms with Crippen LogP contribution in [0.4, 0.5) is 13.2 Å². The fraction of sp³-hybridized carbons (Fsp3) is 0.417. The van der Waals surface area contributed by atoms with E-state index in [0.717, 1.165) is 6.07 Å². The zero-order valence-electron chi connectivity index (χ0n) is 10.3. The molecule has 0 aliphatic rings. The molecule has 0 aliphatic heterocycles. The summed E-state index contributed by atoms with van der Waals surface area (Å²) in [5.74, 6) is -0.915. The Kier molecular flexibility index (Phi) is 5.22. The minimum Gasteiger partial charge on any atom is -0.490 e. The molecule has 1 atom stereocenters. The van der Waals surface area contributed by atoms with Crippen LogP contribution in [0, 0.1) is 0 Å². The maximum atomic E-state index is 12.3. The van der Waals surface area contributed by atoms with Crippen molar-refractivity contribution >= 4 is 21.7 Å². The number of ketones is 1. The van der Waals surface area contributed by atoms with E-state index in [2.05, 4.69) is 20.7 Å². The minimum absolute atomic E-state index is 0.0569. The second-order valence-electron chi connectivity index (χ2n) is 3.62. The van der Waals surface area contributed by atoms with Crippen molar-refractivity contribution in [2.75, 3.05) is 6.61 Å². The number of carbonyl (C=O) groups is 1. The quantitative estimate of drug-likeness (QED) is 0.601. The van der Waals surface area contributed by atoms with Gasteiger partial charge >= 0.3 is 6.36 Å². The summed E-state index contributed by atoms with van der Waals surface area (Å²) in [6.07, 6.45) is -4.84. The second-order valence-corrected chi connectivity index (χ2v) is 5.00. The van der Waals surface area contributed by atoms with E-state index in [0.29, 0.717) is 0 Å². The Morgan fingerprint density at radius 2 is 2.00 bits per heavy atom. The van der Waals surface area contributed by atoms with Gasteiger partial charge in [0.1, 0.15) is 0 Å². The molecular weight excluding hydrogens is 329 g/mol. The average Bonchev–Trinajstić information content (AvgIpc) is 2.28. The predicted octanol–water partition coefficient (Wildman–Crippen LogP) is 3.95. The van der Waals surface area contributed by atoms with Crippen molar-refractivity contribution < 1.29 is 27.4 Å². The molecule has 0 N–H and O–H groups in total. The number of hydrogen-bond acceptors (Lipinski definition) is 3. The van der Waals surface area contributed by atoms with Crippen molar-refractivity contribution in [1.82, 2.24) is 0 Å². The Morgan fingerprint density at radius 3 is 2.47 bits per heavy atom. The monoisotopic (exact) mass is 340 g/mol. The van der Waals surface area contributed by atoms with Crippen molar-refractivity contribution in [3.8, 4) is 11.5 Å². The number of alkyl halides is 4. The summed E-state index contributed by atoms with van der Waals surface area (Å²) in [7, 11) is 0. The molecule has 0 amide bonds. The van der Waals surface area contributed by atoms with Crippen LogP contribution in [-0.4, -0.2) is 23.6 Å². The normalized spacial score (nSPS) is 12.9. The molecule has 0 spiro atoms. The van der Waals surface area contributed by atoms with Gasteiger partial charge < -0.3 is 9.47 Å².